The van der Waals surface area contributed by atoms with Crippen molar-refractivity contribution < 1.29 is 19.1 Å². The maximum atomic E-state index is 13.0. The first-order valence-electron chi connectivity index (χ1n) is 9.93. The average molecular weight is 372 g/mol. The molecule has 3 saturated heterocycles. The summed E-state index contributed by atoms with van der Waals surface area (Å²) in [6.45, 7) is 8.03. The van der Waals surface area contributed by atoms with Gasteiger partial charge in [-0.3, -0.25) is 9.59 Å². The van der Waals surface area contributed by atoms with Crippen LogP contribution in [-0.2, 0) is 20.7 Å². The Kier molecular flexibility index (Phi) is 4.62. The summed E-state index contributed by atoms with van der Waals surface area (Å²) in [4.78, 5) is 29.5. The molecule has 1 aromatic carbocycles. The van der Waals surface area contributed by atoms with Crippen LogP contribution in [0.1, 0.15) is 39.2 Å². The maximum Gasteiger partial charge on any atom is 0.227 e. The summed E-state index contributed by atoms with van der Waals surface area (Å²) in [5.74, 6) is 1.34. The highest BCUT2D eigenvalue weighted by Crippen LogP contribution is 2.48. The molecule has 0 radical (unpaired) electrons. The Labute approximate surface area is 160 Å². The zero-order valence-electron chi connectivity index (χ0n) is 16.3. The highest BCUT2D eigenvalue weighted by Gasteiger charge is 2.65. The van der Waals surface area contributed by atoms with Crippen molar-refractivity contribution in [2.45, 2.75) is 57.8 Å². The van der Waals surface area contributed by atoms with E-state index >= 15 is 0 Å². The van der Waals surface area contributed by atoms with E-state index in [0.717, 1.165) is 11.3 Å². The number of carbonyl (C=O) groups excluding carboxylic acids is 2. The Bertz CT molecular complexity index is 732. The minimum atomic E-state index is -0.597. The summed E-state index contributed by atoms with van der Waals surface area (Å²) in [6.07, 6.45) is 1.42. The van der Waals surface area contributed by atoms with Crippen molar-refractivity contribution in [2.24, 2.45) is 5.92 Å². The van der Waals surface area contributed by atoms with Crippen LogP contribution in [0.4, 0.5) is 0 Å². The minimum absolute atomic E-state index is 0.0623. The van der Waals surface area contributed by atoms with Gasteiger partial charge in [0.15, 0.2) is 5.72 Å². The summed E-state index contributed by atoms with van der Waals surface area (Å²) < 4.78 is 11.7. The lowest BCUT2D eigenvalue weighted by Crippen LogP contribution is -2.51. The molecule has 27 heavy (non-hydrogen) atoms. The fourth-order valence-electron chi connectivity index (χ4n) is 4.82. The number of ether oxygens (including phenoxy) is 2. The van der Waals surface area contributed by atoms with Gasteiger partial charge in [0.1, 0.15) is 5.75 Å². The van der Waals surface area contributed by atoms with Crippen LogP contribution in [0.5, 0.6) is 5.75 Å². The van der Waals surface area contributed by atoms with Crippen LogP contribution in [0.2, 0.25) is 0 Å². The molecule has 0 aromatic heterocycles. The quantitative estimate of drug-likeness (QED) is 0.795. The number of carbonyl (C=O) groups is 2. The molecule has 1 aromatic rings. The van der Waals surface area contributed by atoms with E-state index in [4.69, 9.17) is 9.47 Å². The van der Waals surface area contributed by atoms with E-state index in [9.17, 15) is 9.59 Å². The van der Waals surface area contributed by atoms with Crippen molar-refractivity contribution in [3.05, 3.63) is 29.8 Å². The molecular weight excluding hydrogens is 344 g/mol. The number of hydrogen-bond donors (Lipinski definition) is 0. The normalized spacial score (nSPS) is 29.4. The highest BCUT2D eigenvalue weighted by molar-refractivity contribution is 5.85. The molecule has 6 nitrogen and oxygen atoms in total. The number of rotatable bonds is 5. The molecule has 3 aliphatic rings. The molecule has 146 valence electrons. The molecule has 4 rings (SSSR count). The Hall–Kier alpha value is -2.08. The van der Waals surface area contributed by atoms with Crippen LogP contribution in [0, 0.1) is 5.92 Å². The van der Waals surface area contributed by atoms with Crippen molar-refractivity contribution in [1.82, 2.24) is 9.80 Å². The van der Waals surface area contributed by atoms with Crippen molar-refractivity contribution in [2.75, 3.05) is 19.8 Å². The fraction of sp³-hybridized carbons (Fsp3) is 0.619. The lowest BCUT2D eigenvalue weighted by Gasteiger charge is -2.34. The van der Waals surface area contributed by atoms with Crippen molar-refractivity contribution in [1.29, 1.82) is 0 Å². The van der Waals surface area contributed by atoms with Gasteiger partial charge in [0.25, 0.3) is 0 Å². The molecule has 2 amide bonds. The van der Waals surface area contributed by atoms with Gasteiger partial charge in [-0.15, -0.1) is 0 Å². The largest absolute Gasteiger partial charge is 0.494 e. The Balaban J connectivity index is 1.48. The van der Waals surface area contributed by atoms with Gasteiger partial charge in [0, 0.05) is 13.0 Å². The summed E-state index contributed by atoms with van der Waals surface area (Å²) >= 11 is 0. The van der Waals surface area contributed by atoms with E-state index < -0.39 is 5.72 Å². The first kappa shape index (κ1) is 18.3. The van der Waals surface area contributed by atoms with E-state index in [0.29, 0.717) is 44.9 Å². The molecule has 0 saturated carbocycles. The molecule has 3 aliphatic heterocycles. The topological polar surface area (TPSA) is 59.1 Å². The fourth-order valence-corrected chi connectivity index (χ4v) is 4.82. The zero-order valence-corrected chi connectivity index (χ0v) is 16.3. The van der Waals surface area contributed by atoms with Crippen LogP contribution < -0.4 is 4.74 Å². The zero-order chi connectivity index (χ0) is 19.2. The van der Waals surface area contributed by atoms with E-state index in [1.807, 2.05) is 41.0 Å². The van der Waals surface area contributed by atoms with Crippen molar-refractivity contribution in [3.8, 4) is 5.75 Å². The maximum absolute atomic E-state index is 13.0. The van der Waals surface area contributed by atoms with Gasteiger partial charge in [-0.1, -0.05) is 26.0 Å². The average Bonchev–Trinajstić information content (AvgIpc) is 3.26. The lowest BCUT2D eigenvalue weighted by atomic mass is 10.0. The molecule has 6 heteroatoms. The highest BCUT2D eigenvalue weighted by atomic mass is 16.5. The molecule has 3 atom stereocenters. The number of amides is 2. The van der Waals surface area contributed by atoms with Gasteiger partial charge < -0.3 is 19.3 Å². The Morgan fingerprint density at radius 3 is 2.74 bits per heavy atom. The van der Waals surface area contributed by atoms with Gasteiger partial charge in [0.2, 0.25) is 11.8 Å². The minimum Gasteiger partial charge on any atom is -0.494 e. The first-order chi connectivity index (χ1) is 13.0. The summed E-state index contributed by atoms with van der Waals surface area (Å²) in [5.41, 5.74) is 0.360. The Morgan fingerprint density at radius 2 is 2.07 bits per heavy atom. The van der Waals surface area contributed by atoms with E-state index in [2.05, 4.69) is 13.8 Å². The lowest BCUT2D eigenvalue weighted by molar-refractivity contribution is -0.141. The predicted molar refractivity (Wildman–Crippen MR) is 100 cm³/mol. The van der Waals surface area contributed by atoms with Gasteiger partial charge in [-0.2, -0.15) is 0 Å². The van der Waals surface area contributed by atoms with E-state index in [-0.39, 0.29) is 23.9 Å². The van der Waals surface area contributed by atoms with Crippen molar-refractivity contribution in [3.63, 3.8) is 0 Å². The molecule has 0 bridgehead atoms. The van der Waals surface area contributed by atoms with Gasteiger partial charge in [0.05, 0.1) is 38.1 Å². The SMILES string of the molecule is CCOc1ccc(CC(=O)N2CC[C@@]34OC[C@@H](C(C)C)N3C(=O)C[C@@H]24)cc1. The van der Waals surface area contributed by atoms with Crippen LogP contribution in [0.3, 0.4) is 0 Å². The number of benzene rings is 1. The molecule has 3 fully saturated rings. The number of nitrogens with zero attached hydrogens (tertiary/aromatic N) is 2. The smallest absolute Gasteiger partial charge is 0.227 e. The summed E-state index contributed by atoms with van der Waals surface area (Å²) in [5, 5.41) is 0. The summed E-state index contributed by atoms with van der Waals surface area (Å²) in [7, 11) is 0. The van der Waals surface area contributed by atoms with Gasteiger partial charge in [-0.05, 0) is 30.5 Å². The second kappa shape index (κ2) is 6.82. The number of hydrogen-bond acceptors (Lipinski definition) is 4. The molecule has 1 spiro atoms. The van der Waals surface area contributed by atoms with Gasteiger partial charge >= 0.3 is 0 Å². The molecular formula is C21H28N2O4. The van der Waals surface area contributed by atoms with Gasteiger partial charge in [-0.25, -0.2) is 0 Å². The van der Waals surface area contributed by atoms with Crippen LogP contribution in [0.25, 0.3) is 0 Å². The van der Waals surface area contributed by atoms with E-state index in [1.54, 1.807) is 0 Å². The third kappa shape index (κ3) is 2.90. The molecule has 0 N–H and O–H groups in total. The first-order valence-corrected chi connectivity index (χ1v) is 9.93. The second-order valence-electron chi connectivity index (χ2n) is 8.04. The molecule has 0 unspecified atom stereocenters. The molecule has 0 aliphatic carbocycles. The van der Waals surface area contributed by atoms with E-state index in [1.165, 1.54) is 0 Å². The van der Waals surface area contributed by atoms with Crippen molar-refractivity contribution >= 4 is 11.8 Å². The molecule has 3 heterocycles. The van der Waals surface area contributed by atoms with Crippen LogP contribution >= 0.6 is 0 Å². The van der Waals surface area contributed by atoms with Crippen LogP contribution in [-0.4, -0.2) is 59.2 Å². The standard InChI is InChI=1S/C21H28N2O4/c1-4-26-16-7-5-15(6-8-16)11-19(24)22-10-9-21-18(22)12-20(25)23(21)17(13-27-21)14(2)3/h5-8,14,17-18H,4,9-13H2,1-3H3/t17-,18+,21-/m0/s1. The Morgan fingerprint density at radius 1 is 1.33 bits per heavy atom. The number of likely N-dealkylation sites (tertiary alicyclic amines) is 1. The van der Waals surface area contributed by atoms with Crippen LogP contribution in [0.15, 0.2) is 24.3 Å². The third-order valence-electron chi connectivity index (χ3n) is 6.17. The second-order valence-corrected chi connectivity index (χ2v) is 8.04. The monoisotopic (exact) mass is 372 g/mol. The third-order valence-corrected chi connectivity index (χ3v) is 6.17. The summed E-state index contributed by atoms with van der Waals surface area (Å²) in [6, 6.07) is 7.61. The predicted octanol–water partition coefficient (Wildman–Crippen LogP) is 2.21.